The third-order valence-corrected chi connectivity index (χ3v) is 4.83. The topological polar surface area (TPSA) is 98.8 Å². The number of hydrogen-bond donors (Lipinski definition) is 2. The number of carbonyl (C=O) groups excluding carboxylic acids is 2. The van der Waals surface area contributed by atoms with Crippen molar-refractivity contribution in [3.63, 3.8) is 0 Å². The lowest BCUT2D eigenvalue weighted by Crippen LogP contribution is -2.37. The lowest BCUT2D eigenvalue weighted by Gasteiger charge is -2.18. The molecule has 0 aromatic heterocycles. The molecule has 1 heterocycles. The highest BCUT2D eigenvalue weighted by molar-refractivity contribution is 7.92. The van der Waals surface area contributed by atoms with E-state index in [1.165, 1.54) is 11.0 Å². The van der Waals surface area contributed by atoms with Gasteiger partial charge in [0.2, 0.25) is 15.9 Å². The maximum Gasteiger partial charge on any atom is 0.325 e. The molecule has 2 aromatic carbocycles. The molecular weight excluding hydrogens is 380 g/mol. The van der Waals surface area contributed by atoms with E-state index in [0.717, 1.165) is 17.5 Å². The van der Waals surface area contributed by atoms with Gasteiger partial charge < -0.3 is 10.2 Å². The van der Waals surface area contributed by atoms with Crippen molar-refractivity contribution in [1.29, 1.82) is 0 Å². The molecule has 1 fully saturated rings. The average Bonchev–Trinajstić information content (AvgIpc) is 2.95. The first-order chi connectivity index (χ1) is 13.2. The molecule has 0 atom stereocenters. The molecular formula is C19H22N4O4S. The van der Waals surface area contributed by atoms with Crippen LogP contribution in [-0.4, -0.2) is 51.1 Å². The number of aryl methyl sites for hydroxylation is 1. The first-order valence-corrected chi connectivity index (χ1v) is 10.6. The predicted octanol–water partition coefficient (Wildman–Crippen LogP) is 2.25. The molecule has 28 heavy (non-hydrogen) atoms. The van der Waals surface area contributed by atoms with Crippen LogP contribution in [-0.2, 0) is 14.8 Å². The second-order valence-corrected chi connectivity index (χ2v) is 8.44. The summed E-state index contributed by atoms with van der Waals surface area (Å²) in [4.78, 5) is 28.0. The number of urea groups is 1. The molecule has 148 valence electrons. The van der Waals surface area contributed by atoms with E-state index >= 15 is 0 Å². The number of carbonyl (C=O) groups is 2. The lowest BCUT2D eigenvalue weighted by atomic mass is 10.2. The molecule has 2 N–H and O–H groups in total. The number of nitrogens with zero attached hydrogens (tertiary/aromatic N) is 2. The van der Waals surface area contributed by atoms with Gasteiger partial charge in [-0.1, -0.05) is 23.8 Å². The van der Waals surface area contributed by atoms with Crippen molar-refractivity contribution in [3.05, 3.63) is 54.1 Å². The SMILES string of the molecule is Cc1ccc(N2CCN(CC(=O)Nc3cccc(NS(C)(=O)=O)c3)C2=O)cc1. The Bertz CT molecular complexity index is 989. The van der Waals surface area contributed by atoms with Gasteiger partial charge in [-0.25, -0.2) is 13.2 Å². The van der Waals surface area contributed by atoms with Crippen molar-refractivity contribution in [2.24, 2.45) is 0 Å². The van der Waals surface area contributed by atoms with Crippen molar-refractivity contribution in [2.75, 3.05) is 40.8 Å². The zero-order valence-electron chi connectivity index (χ0n) is 15.7. The molecule has 0 radical (unpaired) electrons. The molecule has 2 aromatic rings. The summed E-state index contributed by atoms with van der Waals surface area (Å²) in [6.07, 6.45) is 1.05. The van der Waals surface area contributed by atoms with Crippen molar-refractivity contribution < 1.29 is 18.0 Å². The van der Waals surface area contributed by atoms with Crippen LogP contribution in [0.1, 0.15) is 5.56 Å². The fourth-order valence-electron chi connectivity index (χ4n) is 2.94. The van der Waals surface area contributed by atoms with E-state index in [-0.39, 0.29) is 18.5 Å². The Morgan fingerprint density at radius 2 is 1.75 bits per heavy atom. The highest BCUT2D eigenvalue weighted by Gasteiger charge is 2.30. The number of sulfonamides is 1. The first-order valence-electron chi connectivity index (χ1n) is 8.72. The van der Waals surface area contributed by atoms with Gasteiger partial charge in [0.15, 0.2) is 0 Å². The molecule has 0 spiro atoms. The zero-order chi connectivity index (χ0) is 20.3. The largest absolute Gasteiger partial charge is 0.325 e. The summed E-state index contributed by atoms with van der Waals surface area (Å²) >= 11 is 0. The van der Waals surface area contributed by atoms with Gasteiger partial charge in [-0.05, 0) is 37.3 Å². The molecule has 0 saturated carbocycles. The van der Waals surface area contributed by atoms with E-state index in [1.807, 2.05) is 31.2 Å². The zero-order valence-corrected chi connectivity index (χ0v) is 16.5. The predicted molar refractivity (Wildman–Crippen MR) is 109 cm³/mol. The minimum Gasteiger partial charge on any atom is -0.324 e. The summed E-state index contributed by atoms with van der Waals surface area (Å²) in [6, 6.07) is 13.8. The van der Waals surface area contributed by atoms with Crippen molar-refractivity contribution in [3.8, 4) is 0 Å². The third-order valence-electron chi connectivity index (χ3n) is 4.22. The van der Waals surface area contributed by atoms with E-state index in [9.17, 15) is 18.0 Å². The van der Waals surface area contributed by atoms with Crippen molar-refractivity contribution >= 4 is 39.0 Å². The molecule has 1 saturated heterocycles. The summed E-state index contributed by atoms with van der Waals surface area (Å²) in [5.41, 5.74) is 2.71. The highest BCUT2D eigenvalue weighted by Crippen LogP contribution is 2.21. The van der Waals surface area contributed by atoms with Crippen LogP contribution in [0.3, 0.4) is 0 Å². The quantitative estimate of drug-likeness (QED) is 0.774. The molecule has 3 amide bonds. The molecule has 1 aliphatic rings. The van der Waals surface area contributed by atoms with Gasteiger partial charge in [0.05, 0.1) is 11.9 Å². The molecule has 8 nitrogen and oxygen atoms in total. The number of hydrogen-bond acceptors (Lipinski definition) is 4. The Balaban J connectivity index is 1.60. The van der Waals surface area contributed by atoms with Crippen molar-refractivity contribution in [2.45, 2.75) is 6.92 Å². The molecule has 0 bridgehead atoms. The van der Waals surface area contributed by atoms with Crippen LogP contribution in [0.25, 0.3) is 0 Å². The number of amides is 3. The van der Waals surface area contributed by atoms with Gasteiger partial charge in [-0.2, -0.15) is 0 Å². The van der Waals surface area contributed by atoms with E-state index in [2.05, 4.69) is 10.0 Å². The summed E-state index contributed by atoms with van der Waals surface area (Å²) in [5.74, 6) is -0.351. The Labute approximate surface area is 164 Å². The summed E-state index contributed by atoms with van der Waals surface area (Å²) in [5, 5.41) is 2.69. The number of rotatable bonds is 6. The number of anilines is 3. The minimum absolute atomic E-state index is 0.0784. The summed E-state index contributed by atoms with van der Waals surface area (Å²) in [7, 11) is -3.40. The minimum atomic E-state index is -3.40. The van der Waals surface area contributed by atoms with Gasteiger partial charge in [0, 0.05) is 24.5 Å². The third kappa shape index (κ3) is 5.01. The van der Waals surface area contributed by atoms with E-state index in [1.54, 1.807) is 23.1 Å². The summed E-state index contributed by atoms with van der Waals surface area (Å²) in [6.45, 7) is 2.87. The van der Waals surface area contributed by atoms with Crippen LogP contribution in [0.5, 0.6) is 0 Å². The van der Waals surface area contributed by atoms with Gasteiger partial charge in [0.1, 0.15) is 6.54 Å². The monoisotopic (exact) mass is 402 g/mol. The van der Waals surface area contributed by atoms with Gasteiger partial charge in [-0.3, -0.25) is 14.4 Å². The van der Waals surface area contributed by atoms with Crippen LogP contribution < -0.4 is 14.9 Å². The lowest BCUT2D eigenvalue weighted by molar-refractivity contribution is -0.116. The van der Waals surface area contributed by atoms with Gasteiger partial charge in [0.25, 0.3) is 0 Å². The first kappa shape index (κ1) is 19.7. The van der Waals surface area contributed by atoms with E-state index in [4.69, 9.17) is 0 Å². The normalized spacial score (nSPS) is 14.3. The Hall–Kier alpha value is -3.07. The second kappa shape index (κ2) is 7.89. The molecule has 0 aliphatic carbocycles. The Kier molecular flexibility index (Phi) is 5.55. The summed E-state index contributed by atoms with van der Waals surface area (Å²) < 4.78 is 25.0. The van der Waals surface area contributed by atoms with Crippen LogP contribution in [0.2, 0.25) is 0 Å². The fraction of sp³-hybridized carbons (Fsp3) is 0.263. The number of benzene rings is 2. The standard InChI is InChI=1S/C19H22N4O4S/c1-14-6-8-17(9-7-14)23-11-10-22(19(23)25)13-18(24)20-15-4-3-5-16(12-15)21-28(2,26)27/h3-9,12,21H,10-11,13H2,1-2H3,(H,20,24). The maximum absolute atomic E-state index is 12.6. The Morgan fingerprint density at radius 1 is 1.07 bits per heavy atom. The molecule has 9 heteroatoms. The van der Waals surface area contributed by atoms with Crippen LogP contribution >= 0.6 is 0 Å². The average molecular weight is 402 g/mol. The van der Waals surface area contributed by atoms with Crippen LogP contribution in [0.15, 0.2) is 48.5 Å². The second-order valence-electron chi connectivity index (χ2n) is 6.69. The van der Waals surface area contributed by atoms with Gasteiger partial charge in [-0.15, -0.1) is 0 Å². The van der Waals surface area contributed by atoms with Gasteiger partial charge >= 0.3 is 6.03 Å². The Morgan fingerprint density at radius 3 is 2.43 bits per heavy atom. The van der Waals surface area contributed by atoms with E-state index < -0.39 is 10.0 Å². The highest BCUT2D eigenvalue weighted by atomic mass is 32.2. The van der Waals surface area contributed by atoms with Crippen molar-refractivity contribution in [1.82, 2.24) is 4.90 Å². The smallest absolute Gasteiger partial charge is 0.324 e. The van der Waals surface area contributed by atoms with Crippen LogP contribution in [0, 0.1) is 6.92 Å². The van der Waals surface area contributed by atoms with Crippen LogP contribution in [0.4, 0.5) is 21.9 Å². The molecule has 0 unspecified atom stereocenters. The molecule has 3 rings (SSSR count). The number of nitrogens with one attached hydrogen (secondary N) is 2. The van der Waals surface area contributed by atoms with E-state index in [0.29, 0.717) is 24.5 Å². The fourth-order valence-corrected chi connectivity index (χ4v) is 3.50. The maximum atomic E-state index is 12.6. The molecule has 1 aliphatic heterocycles.